The molecule has 1 amide bonds. The van der Waals surface area contributed by atoms with Crippen molar-refractivity contribution in [2.45, 2.75) is 4.90 Å². The Morgan fingerprint density at radius 3 is 2.44 bits per heavy atom. The second kappa shape index (κ2) is 5.94. The first kappa shape index (κ1) is 12.3. The molecule has 0 aliphatic heterocycles. The van der Waals surface area contributed by atoms with Crippen LogP contribution in [0.5, 0.6) is 0 Å². The van der Waals surface area contributed by atoms with Crippen LogP contribution >= 0.6 is 12.6 Å². The molecule has 0 unspecified atom stereocenters. The van der Waals surface area contributed by atoms with Gasteiger partial charge in [0, 0.05) is 16.7 Å². The maximum Gasteiger partial charge on any atom is 0.273 e. The van der Waals surface area contributed by atoms with Crippen molar-refractivity contribution in [3.63, 3.8) is 0 Å². The van der Waals surface area contributed by atoms with Crippen LogP contribution in [-0.2, 0) is 9.59 Å². The number of nitrogens with one attached hydrogen (secondary N) is 2. The van der Waals surface area contributed by atoms with E-state index in [0.717, 1.165) is 11.0 Å². The second-order valence-electron chi connectivity index (χ2n) is 2.86. The topological polar surface area (TPSA) is 84.2 Å². The van der Waals surface area contributed by atoms with Gasteiger partial charge in [-0.15, -0.1) is 12.6 Å². The van der Waals surface area contributed by atoms with E-state index < -0.39 is 5.91 Å². The van der Waals surface area contributed by atoms with Crippen LogP contribution in [0.3, 0.4) is 0 Å². The standard InChI is InChI=1S/C10H11N3O2S/c11-13-9(5-6-14)10(15)12-7-1-3-8(16)4-2-7/h1-6,13,16H,11H2,(H,12,15). The van der Waals surface area contributed by atoms with Crippen LogP contribution < -0.4 is 16.6 Å². The number of carbonyl (C=O) groups excluding carboxylic acids is 2. The Labute approximate surface area is 98.1 Å². The van der Waals surface area contributed by atoms with Crippen molar-refractivity contribution in [3.8, 4) is 0 Å². The Hall–Kier alpha value is -1.79. The third-order valence-electron chi connectivity index (χ3n) is 1.76. The number of amides is 1. The maximum absolute atomic E-state index is 11.5. The summed E-state index contributed by atoms with van der Waals surface area (Å²) >= 11 is 4.11. The first-order chi connectivity index (χ1) is 7.67. The lowest BCUT2D eigenvalue weighted by atomic mass is 10.3. The van der Waals surface area contributed by atoms with E-state index in [0.29, 0.717) is 12.0 Å². The fourth-order valence-electron chi connectivity index (χ4n) is 1.00. The molecule has 0 aliphatic carbocycles. The highest BCUT2D eigenvalue weighted by molar-refractivity contribution is 7.80. The summed E-state index contributed by atoms with van der Waals surface area (Å²) in [5.41, 5.74) is 2.72. The lowest BCUT2D eigenvalue weighted by Crippen LogP contribution is -2.30. The van der Waals surface area contributed by atoms with Crippen LogP contribution in [0.1, 0.15) is 0 Å². The van der Waals surface area contributed by atoms with Gasteiger partial charge in [-0.1, -0.05) is 0 Å². The van der Waals surface area contributed by atoms with Crippen molar-refractivity contribution in [3.05, 3.63) is 36.0 Å². The van der Waals surface area contributed by atoms with Crippen LogP contribution in [0, 0.1) is 0 Å². The van der Waals surface area contributed by atoms with Gasteiger partial charge in [-0.05, 0) is 24.3 Å². The van der Waals surface area contributed by atoms with Crippen molar-refractivity contribution in [1.29, 1.82) is 0 Å². The van der Waals surface area contributed by atoms with Crippen LogP contribution in [0.25, 0.3) is 0 Å². The lowest BCUT2D eigenvalue weighted by Gasteiger charge is -2.07. The highest BCUT2D eigenvalue weighted by Crippen LogP contribution is 2.12. The first-order valence-electron chi connectivity index (χ1n) is 4.40. The van der Waals surface area contributed by atoms with Gasteiger partial charge in [0.15, 0.2) is 0 Å². The normalized spacial score (nSPS) is 10.8. The average molecular weight is 237 g/mol. The fourth-order valence-corrected chi connectivity index (χ4v) is 1.15. The van der Waals surface area contributed by atoms with E-state index >= 15 is 0 Å². The number of aldehydes is 1. The maximum atomic E-state index is 11.5. The summed E-state index contributed by atoms with van der Waals surface area (Å²) in [6, 6.07) is 6.85. The quantitative estimate of drug-likeness (QED) is 0.201. The zero-order chi connectivity index (χ0) is 12.0. The Balaban J connectivity index is 2.74. The predicted molar refractivity (Wildman–Crippen MR) is 63.8 cm³/mol. The number of carbonyl (C=O) groups is 2. The molecule has 0 fully saturated rings. The molecular formula is C10H11N3O2S. The average Bonchev–Trinajstić information content (AvgIpc) is 2.29. The van der Waals surface area contributed by atoms with Gasteiger partial charge in [-0.25, -0.2) is 0 Å². The molecule has 0 atom stereocenters. The number of allylic oxidation sites excluding steroid dienone is 1. The van der Waals surface area contributed by atoms with E-state index in [4.69, 9.17) is 5.84 Å². The largest absolute Gasteiger partial charge is 0.321 e. The minimum atomic E-state index is -0.485. The molecule has 4 N–H and O–H groups in total. The van der Waals surface area contributed by atoms with E-state index in [1.807, 2.05) is 0 Å². The van der Waals surface area contributed by atoms with Gasteiger partial charge in [0.1, 0.15) is 12.0 Å². The lowest BCUT2D eigenvalue weighted by molar-refractivity contribution is -0.113. The molecule has 0 heterocycles. The summed E-state index contributed by atoms with van der Waals surface area (Å²) < 4.78 is 0. The third-order valence-corrected chi connectivity index (χ3v) is 2.06. The van der Waals surface area contributed by atoms with E-state index in [-0.39, 0.29) is 5.70 Å². The number of thiol groups is 1. The third kappa shape index (κ3) is 3.41. The molecule has 6 heteroatoms. The smallest absolute Gasteiger partial charge is 0.273 e. The van der Waals surface area contributed by atoms with Crippen LogP contribution in [0.4, 0.5) is 5.69 Å². The molecule has 0 aliphatic rings. The fraction of sp³-hybridized carbons (Fsp3) is 0. The summed E-state index contributed by atoms with van der Waals surface area (Å²) in [5, 5.41) is 2.56. The Morgan fingerprint density at radius 1 is 1.31 bits per heavy atom. The van der Waals surface area contributed by atoms with Crippen molar-refractivity contribution >= 4 is 30.5 Å². The van der Waals surface area contributed by atoms with Crippen molar-refractivity contribution in [2.24, 2.45) is 5.84 Å². The highest BCUT2D eigenvalue weighted by atomic mass is 32.1. The van der Waals surface area contributed by atoms with Crippen LogP contribution in [0.15, 0.2) is 40.9 Å². The minimum Gasteiger partial charge on any atom is -0.321 e. The van der Waals surface area contributed by atoms with Gasteiger partial charge in [0.05, 0.1) is 0 Å². The number of nitrogens with two attached hydrogens (primary N) is 1. The SMILES string of the molecule is NNC(=CC=O)C(=O)Nc1ccc(S)cc1. The molecule has 0 radical (unpaired) electrons. The molecule has 0 saturated heterocycles. The Morgan fingerprint density at radius 2 is 1.94 bits per heavy atom. The highest BCUT2D eigenvalue weighted by Gasteiger charge is 2.07. The molecule has 5 nitrogen and oxygen atoms in total. The summed E-state index contributed by atoms with van der Waals surface area (Å²) in [6.07, 6.45) is 1.52. The number of benzene rings is 1. The van der Waals surface area contributed by atoms with Gasteiger partial charge in [0.25, 0.3) is 5.91 Å². The van der Waals surface area contributed by atoms with Crippen molar-refractivity contribution in [2.75, 3.05) is 5.32 Å². The Bertz CT molecular complexity index is 415. The van der Waals surface area contributed by atoms with E-state index in [9.17, 15) is 9.59 Å². The van der Waals surface area contributed by atoms with Gasteiger partial charge in [-0.2, -0.15) is 0 Å². The number of hydrogen-bond donors (Lipinski definition) is 4. The number of hydrazine groups is 1. The molecule has 1 rings (SSSR count). The van der Waals surface area contributed by atoms with Gasteiger partial charge >= 0.3 is 0 Å². The van der Waals surface area contributed by atoms with E-state index in [1.54, 1.807) is 24.3 Å². The predicted octanol–water partition coefficient (Wildman–Crippen LogP) is 0.460. The molecule has 16 heavy (non-hydrogen) atoms. The molecule has 0 aromatic heterocycles. The molecule has 84 valence electrons. The van der Waals surface area contributed by atoms with Crippen LogP contribution in [-0.4, -0.2) is 12.2 Å². The van der Waals surface area contributed by atoms with Gasteiger partial charge < -0.3 is 10.7 Å². The molecule has 1 aromatic carbocycles. The van der Waals surface area contributed by atoms with E-state index in [2.05, 4.69) is 23.4 Å². The van der Waals surface area contributed by atoms with Crippen LogP contribution in [0.2, 0.25) is 0 Å². The van der Waals surface area contributed by atoms with Crippen molar-refractivity contribution < 1.29 is 9.59 Å². The first-order valence-corrected chi connectivity index (χ1v) is 4.84. The summed E-state index contributed by atoms with van der Waals surface area (Å²) in [7, 11) is 0. The van der Waals surface area contributed by atoms with Gasteiger partial charge in [-0.3, -0.25) is 15.4 Å². The zero-order valence-corrected chi connectivity index (χ0v) is 9.20. The Kier molecular flexibility index (Phi) is 4.56. The molecule has 1 aromatic rings. The minimum absolute atomic E-state index is 0.00931. The monoisotopic (exact) mass is 237 g/mol. The molecule has 0 bridgehead atoms. The number of anilines is 1. The number of rotatable bonds is 4. The second-order valence-corrected chi connectivity index (χ2v) is 3.38. The molecular weight excluding hydrogens is 226 g/mol. The summed E-state index contributed by atoms with van der Waals surface area (Å²) in [4.78, 5) is 22.5. The number of hydrogen-bond acceptors (Lipinski definition) is 5. The van der Waals surface area contributed by atoms with Crippen molar-refractivity contribution in [1.82, 2.24) is 5.43 Å². The zero-order valence-electron chi connectivity index (χ0n) is 8.31. The molecule has 0 saturated carbocycles. The van der Waals surface area contributed by atoms with Gasteiger partial charge in [0.2, 0.25) is 0 Å². The van der Waals surface area contributed by atoms with E-state index in [1.165, 1.54) is 0 Å². The molecule has 0 spiro atoms. The summed E-state index contributed by atoms with van der Waals surface area (Å²) in [5.74, 6) is 4.60. The summed E-state index contributed by atoms with van der Waals surface area (Å²) in [6.45, 7) is 0.